The van der Waals surface area contributed by atoms with Crippen molar-refractivity contribution in [2.45, 2.75) is 30.5 Å². The van der Waals surface area contributed by atoms with Crippen molar-refractivity contribution in [1.29, 1.82) is 0 Å². The molecule has 3 heterocycles. The molecule has 3 aromatic rings. The third-order valence-electron chi connectivity index (χ3n) is 5.60. The molecule has 1 saturated heterocycles. The first-order chi connectivity index (χ1) is 15.4. The lowest BCUT2D eigenvalue weighted by atomic mass is 9.98. The maximum Gasteiger partial charge on any atom is 0.252 e. The first kappa shape index (κ1) is 23.0. The van der Waals surface area contributed by atoms with Crippen molar-refractivity contribution in [3.05, 3.63) is 34.4 Å². The molecule has 2 aromatic heterocycles. The number of benzene rings is 1. The second-order valence-electron chi connectivity index (χ2n) is 7.36. The van der Waals surface area contributed by atoms with Crippen LogP contribution in [-0.2, 0) is 21.4 Å². The lowest BCUT2D eigenvalue weighted by Gasteiger charge is -2.29. The molecule has 1 fully saturated rings. The molecule has 172 valence electrons. The Morgan fingerprint density at radius 1 is 1.19 bits per heavy atom. The zero-order chi connectivity index (χ0) is 22.9. The van der Waals surface area contributed by atoms with Gasteiger partial charge in [-0.3, -0.25) is 4.79 Å². The quantitative estimate of drug-likeness (QED) is 0.523. The Kier molecular flexibility index (Phi) is 6.70. The van der Waals surface area contributed by atoms with E-state index in [0.29, 0.717) is 53.0 Å². The molecule has 1 amide bonds. The number of carbonyl (C=O) groups excluding carboxylic acids is 1. The van der Waals surface area contributed by atoms with Gasteiger partial charge in [0.05, 0.1) is 24.4 Å². The first-order valence-electron chi connectivity index (χ1n) is 10.3. The summed E-state index contributed by atoms with van der Waals surface area (Å²) in [6.45, 7) is 3.29. The molecule has 0 unspecified atom stereocenters. The summed E-state index contributed by atoms with van der Waals surface area (Å²) < 4.78 is 41.0. The van der Waals surface area contributed by atoms with Crippen LogP contribution in [0.25, 0.3) is 10.2 Å². The van der Waals surface area contributed by atoms with Crippen molar-refractivity contribution < 1.29 is 22.7 Å². The number of sulfonamides is 1. The standard InChI is InChI=1S/C21H25N3O5S3/c1-4-24-15-12-16(28-2)17(29-3)13-18(15)31-21(24)22-20(25)14-7-9-23(10-8-14)32(26,27)19-6-5-11-30-19/h5-6,11-14H,4,7-10H2,1-3H3. The third kappa shape index (κ3) is 4.21. The van der Waals surface area contributed by atoms with Crippen LogP contribution in [-0.4, -0.2) is 50.5 Å². The highest BCUT2D eigenvalue weighted by atomic mass is 32.2. The second kappa shape index (κ2) is 9.34. The largest absolute Gasteiger partial charge is 0.493 e. The second-order valence-corrected chi connectivity index (χ2v) is 11.5. The van der Waals surface area contributed by atoms with E-state index in [-0.39, 0.29) is 11.8 Å². The van der Waals surface area contributed by atoms with Crippen LogP contribution in [0, 0.1) is 5.92 Å². The minimum absolute atomic E-state index is 0.203. The van der Waals surface area contributed by atoms with Gasteiger partial charge in [-0.25, -0.2) is 8.42 Å². The maximum atomic E-state index is 13.0. The number of carbonyl (C=O) groups is 1. The number of amides is 1. The number of hydrogen-bond acceptors (Lipinski definition) is 7. The molecule has 0 spiro atoms. The number of thiazole rings is 1. The van der Waals surface area contributed by atoms with Crippen LogP contribution < -0.4 is 14.3 Å². The third-order valence-corrected chi connectivity index (χ3v) is 9.92. The smallest absolute Gasteiger partial charge is 0.252 e. The summed E-state index contributed by atoms with van der Waals surface area (Å²) >= 11 is 2.64. The Morgan fingerprint density at radius 3 is 2.47 bits per heavy atom. The number of ether oxygens (including phenoxy) is 2. The van der Waals surface area contributed by atoms with Crippen molar-refractivity contribution in [2.75, 3.05) is 27.3 Å². The zero-order valence-electron chi connectivity index (χ0n) is 18.1. The lowest BCUT2D eigenvalue weighted by Crippen LogP contribution is -2.40. The van der Waals surface area contributed by atoms with E-state index >= 15 is 0 Å². The van der Waals surface area contributed by atoms with Gasteiger partial charge in [0.15, 0.2) is 16.3 Å². The number of rotatable bonds is 6. The number of methoxy groups -OCH3 is 2. The highest BCUT2D eigenvalue weighted by molar-refractivity contribution is 7.91. The van der Waals surface area contributed by atoms with E-state index in [1.54, 1.807) is 31.7 Å². The normalized spacial score (nSPS) is 16.5. The van der Waals surface area contributed by atoms with E-state index in [9.17, 15) is 13.2 Å². The van der Waals surface area contributed by atoms with Crippen molar-refractivity contribution in [2.24, 2.45) is 10.9 Å². The fourth-order valence-electron chi connectivity index (χ4n) is 3.85. The zero-order valence-corrected chi connectivity index (χ0v) is 20.6. The monoisotopic (exact) mass is 495 g/mol. The number of hydrogen-bond donors (Lipinski definition) is 0. The molecule has 0 radical (unpaired) electrons. The van der Waals surface area contributed by atoms with E-state index in [2.05, 4.69) is 4.99 Å². The molecule has 0 saturated carbocycles. The minimum Gasteiger partial charge on any atom is -0.493 e. The van der Waals surface area contributed by atoms with Crippen molar-refractivity contribution in [3.8, 4) is 11.5 Å². The summed E-state index contributed by atoms with van der Waals surface area (Å²) in [5.74, 6) is 0.758. The van der Waals surface area contributed by atoms with Crippen molar-refractivity contribution in [1.82, 2.24) is 8.87 Å². The van der Waals surface area contributed by atoms with Crippen LogP contribution in [0.4, 0.5) is 0 Å². The molecule has 1 aliphatic heterocycles. The Labute approximate surface area is 194 Å². The molecule has 0 atom stereocenters. The van der Waals surface area contributed by atoms with Crippen LogP contribution in [0.15, 0.2) is 38.8 Å². The molecule has 1 aromatic carbocycles. The van der Waals surface area contributed by atoms with Crippen LogP contribution in [0.3, 0.4) is 0 Å². The van der Waals surface area contributed by atoms with Gasteiger partial charge < -0.3 is 14.0 Å². The molecule has 0 N–H and O–H groups in total. The van der Waals surface area contributed by atoms with E-state index in [4.69, 9.17) is 9.47 Å². The Morgan fingerprint density at radius 2 is 1.88 bits per heavy atom. The van der Waals surface area contributed by atoms with Gasteiger partial charge in [0.1, 0.15) is 4.21 Å². The first-order valence-corrected chi connectivity index (χ1v) is 13.4. The van der Waals surface area contributed by atoms with Gasteiger partial charge in [-0.2, -0.15) is 9.30 Å². The van der Waals surface area contributed by atoms with Crippen LogP contribution in [0.1, 0.15) is 19.8 Å². The summed E-state index contributed by atoms with van der Waals surface area (Å²) in [6.07, 6.45) is 0.928. The number of aromatic nitrogens is 1. The maximum absolute atomic E-state index is 13.0. The van der Waals surface area contributed by atoms with Gasteiger partial charge in [-0.1, -0.05) is 17.4 Å². The average molecular weight is 496 g/mol. The fraction of sp³-hybridized carbons (Fsp3) is 0.429. The summed E-state index contributed by atoms with van der Waals surface area (Å²) in [5.41, 5.74) is 0.929. The number of aryl methyl sites for hydroxylation is 1. The van der Waals surface area contributed by atoms with Gasteiger partial charge in [0.2, 0.25) is 0 Å². The molecule has 4 rings (SSSR count). The summed E-state index contributed by atoms with van der Waals surface area (Å²) in [7, 11) is -0.306. The van der Waals surface area contributed by atoms with Gasteiger partial charge in [-0.15, -0.1) is 11.3 Å². The summed E-state index contributed by atoms with van der Waals surface area (Å²) in [5, 5.41) is 1.75. The average Bonchev–Trinajstić information content (AvgIpc) is 3.46. The summed E-state index contributed by atoms with van der Waals surface area (Å²) in [6, 6.07) is 7.13. The number of piperidine rings is 1. The molecular weight excluding hydrogens is 470 g/mol. The Bertz CT molecular complexity index is 1280. The predicted octanol–water partition coefficient (Wildman–Crippen LogP) is 3.33. The molecule has 0 bridgehead atoms. The molecule has 1 aliphatic rings. The van der Waals surface area contributed by atoms with Gasteiger partial charge in [0, 0.05) is 37.7 Å². The van der Waals surface area contributed by atoms with Gasteiger partial charge in [0.25, 0.3) is 15.9 Å². The molecule has 0 aliphatic carbocycles. The highest BCUT2D eigenvalue weighted by Gasteiger charge is 2.32. The van der Waals surface area contributed by atoms with Crippen LogP contribution >= 0.6 is 22.7 Å². The Hall–Kier alpha value is -2.21. The van der Waals surface area contributed by atoms with Gasteiger partial charge in [-0.05, 0) is 31.2 Å². The summed E-state index contributed by atoms with van der Waals surface area (Å²) in [4.78, 5) is 18.0. The van der Waals surface area contributed by atoms with Gasteiger partial charge >= 0.3 is 0 Å². The number of thiophene rings is 1. The lowest BCUT2D eigenvalue weighted by molar-refractivity contribution is -0.122. The van der Waals surface area contributed by atoms with E-state index in [0.717, 1.165) is 10.2 Å². The fourth-order valence-corrected chi connectivity index (χ4v) is 7.58. The van der Waals surface area contributed by atoms with Crippen molar-refractivity contribution >= 4 is 48.8 Å². The molecule has 11 heteroatoms. The predicted molar refractivity (Wildman–Crippen MR) is 125 cm³/mol. The molecule has 32 heavy (non-hydrogen) atoms. The highest BCUT2D eigenvalue weighted by Crippen LogP contribution is 2.33. The van der Waals surface area contributed by atoms with Crippen molar-refractivity contribution in [3.63, 3.8) is 0 Å². The number of fused-ring (bicyclic) bond motifs is 1. The van der Waals surface area contributed by atoms with E-state index < -0.39 is 10.0 Å². The van der Waals surface area contributed by atoms with E-state index in [1.165, 1.54) is 27.0 Å². The molecule has 8 nitrogen and oxygen atoms in total. The topological polar surface area (TPSA) is 90.2 Å². The van der Waals surface area contributed by atoms with E-state index in [1.807, 2.05) is 23.6 Å². The van der Waals surface area contributed by atoms with Crippen LogP contribution in [0.5, 0.6) is 11.5 Å². The Balaban J connectivity index is 1.56. The van der Waals surface area contributed by atoms with Crippen LogP contribution in [0.2, 0.25) is 0 Å². The number of nitrogens with zero attached hydrogens (tertiary/aromatic N) is 3. The molecular formula is C21H25N3O5S3. The SMILES string of the molecule is CCn1c(=NC(=O)C2CCN(S(=O)(=O)c3cccs3)CC2)sc2cc(OC)c(OC)cc21. The minimum atomic E-state index is -3.48.